The molecule has 0 heterocycles. The average molecular weight is 264 g/mol. The maximum Gasteiger partial charge on any atom is 0.122 e. The molecule has 3 nitrogen and oxygen atoms in total. The number of ether oxygens (including phenoxy) is 1. The molecule has 0 radical (unpaired) electrons. The summed E-state index contributed by atoms with van der Waals surface area (Å²) in [6, 6.07) is 2.37. The Balaban J connectivity index is 2.82. The Bertz CT molecular complexity index is 427. The molecule has 1 aromatic rings. The van der Waals surface area contributed by atoms with Crippen molar-refractivity contribution in [2.24, 2.45) is 5.73 Å². The Kier molecular flexibility index (Phi) is 5.83. The van der Waals surface area contributed by atoms with Crippen LogP contribution in [-0.2, 0) is 6.42 Å². The van der Waals surface area contributed by atoms with Gasteiger partial charge in [0.2, 0.25) is 0 Å². The minimum absolute atomic E-state index is 0.227. The van der Waals surface area contributed by atoms with E-state index in [1.165, 1.54) is 22.3 Å². The number of methoxy groups -OCH3 is 1. The van der Waals surface area contributed by atoms with E-state index >= 15 is 0 Å². The summed E-state index contributed by atoms with van der Waals surface area (Å²) in [4.78, 5) is 2.29. The largest absolute Gasteiger partial charge is 0.496 e. The highest BCUT2D eigenvalue weighted by atomic mass is 16.5. The molecule has 0 saturated carbocycles. The molecular weight excluding hydrogens is 236 g/mol. The molecule has 2 N–H and O–H groups in total. The van der Waals surface area contributed by atoms with E-state index in [2.05, 4.69) is 38.8 Å². The van der Waals surface area contributed by atoms with Gasteiger partial charge < -0.3 is 15.4 Å². The first-order valence-corrected chi connectivity index (χ1v) is 6.94. The van der Waals surface area contributed by atoms with Crippen molar-refractivity contribution >= 4 is 0 Å². The van der Waals surface area contributed by atoms with Crippen LogP contribution in [0.4, 0.5) is 0 Å². The van der Waals surface area contributed by atoms with Crippen LogP contribution in [0.15, 0.2) is 6.07 Å². The Hall–Kier alpha value is -1.06. The zero-order valence-electron chi connectivity index (χ0n) is 13.2. The van der Waals surface area contributed by atoms with Gasteiger partial charge >= 0.3 is 0 Å². The summed E-state index contributed by atoms with van der Waals surface area (Å²) >= 11 is 0. The predicted octanol–water partition coefficient (Wildman–Crippen LogP) is 2.44. The first kappa shape index (κ1) is 16.0. The van der Waals surface area contributed by atoms with Crippen molar-refractivity contribution in [1.82, 2.24) is 4.90 Å². The second-order valence-electron chi connectivity index (χ2n) is 5.61. The summed E-state index contributed by atoms with van der Waals surface area (Å²) in [5.74, 6) is 0.989. The first-order valence-electron chi connectivity index (χ1n) is 6.94. The van der Waals surface area contributed by atoms with E-state index in [-0.39, 0.29) is 6.04 Å². The molecule has 3 heteroatoms. The van der Waals surface area contributed by atoms with Crippen molar-refractivity contribution < 1.29 is 4.74 Å². The third kappa shape index (κ3) is 4.22. The van der Waals surface area contributed by atoms with Gasteiger partial charge in [0.15, 0.2) is 0 Å². The number of likely N-dealkylation sites (N-methyl/N-ethyl adjacent to an activating group) is 1. The number of aryl methyl sites for hydroxylation is 1. The molecule has 19 heavy (non-hydrogen) atoms. The van der Waals surface area contributed by atoms with Gasteiger partial charge in [0.1, 0.15) is 5.75 Å². The van der Waals surface area contributed by atoms with Crippen LogP contribution in [0, 0.1) is 20.8 Å². The van der Waals surface area contributed by atoms with Crippen LogP contribution >= 0.6 is 0 Å². The minimum atomic E-state index is 0.227. The fourth-order valence-electron chi connectivity index (χ4n) is 2.58. The van der Waals surface area contributed by atoms with Gasteiger partial charge in [-0.3, -0.25) is 0 Å². The molecule has 108 valence electrons. The third-order valence-electron chi connectivity index (χ3n) is 3.77. The molecule has 0 aromatic heterocycles. The quantitative estimate of drug-likeness (QED) is 0.857. The Morgan fingerprint density at radius 2 is 1.89 bits per heavy atom. The van der Waals surface area contributed by atoms with Gasteiger partial charge in [-0.05, 0) is 69.5 Å². The van der Waals surface area contributed by atoms with Crippen LogP contribution in [0.5, 0.6) is 5.75 Å². The summed E-state index contributed by atoms with van der Waals surface area (Å²) in [5.41, 5.74) is 11.2. The van der Waals surface area contributed by atoms with Gasteiger partial charge in [-0.2, -0.15) is 0 Å². The number of nitrogens with two attached hydrogens (primary N) is 1. The van der Waals surface area contributed by atoms with Gasteiger partial charge in [-0.1, -0.05) is 0 Å². The highest BCUT2D eigenvalue weighted by molar-refractivity contribution is 5.48. The summed E-state index contributed by atoms with van der Waals surface area (Å²) in [6.45, 7) is 10.5. The molecular formula is C16H28N2O. The third-order valence-corrected chi connectivity index (χ3v) is 3.77. The maximum absolute atomic E-state index is 5.83. The lowest BCUT2D eigenvalue weighted by molar-refractivity contribution is 0.320. The predicted molar refractivity (Wildman–Crippen MR) is 82.1 cm³/mol. The monoisotopic (exact) mass is 264 g/mol. The van der Waals surface area contributed by atoms with E-state index in [1.807, 2.05) is 6.92 Å². The van der Waals surface area contributed by atoms with E-state index in [1.54, 1.807) is 7.11 Å². The zero-order valence-corrected chi connectivity index (χ0v) is 13.2. The Labute approximate surface area is 117 Å². The van der Waals surface area contributed by atoms with Crippen molar-refractivity contribution in [3.8, 4) is 5.75 Å². The molecule has 0 aliphatic rings. The van der Waals surface area contributed by atoms with Gasteiger partial charge in [0.05, 0.1) is 7.11 Å². The molecule has 1 unspecified atom stereocenters. The summed E-state index contributed by atoms with van der Waals surface area (Å²) in [6.07, 6.45) is 1.06. The summed E-state index contributed by atoms with van der Waals surface area (Å²) in [7, 11) is 3.86. The highest BCUT2D eigenvalue weighted by Crippen LogP contribution is 2.27. The average Bonchev–Trinajstić information content (AvgIpc) is 2.32. The lowest BCUT2D eigenvalue weighted by atomic mass is 9.95. The van der Waals surface area contributed by atoms with Crippen LogP contribution in [-0.4, -0.2) is 38.2 Å². The molecule has 0 fully saturated rings. The maximum atomic E-state index is 5.83. The van der Waals surface area contributed by atoms with E-state index in [0.29, 0.717) is 0 Å². The molecule has 0 aliphatic carbocycles. The molecule has 0 bridgehead atoms. The van der Waals surface area contributed by atoms with Gasteiger partial charge in [-0.25, -0.2) is 0 Å². The number of rotatable bonds is 6. The molecule has 0 amide bonds. The number of hydrogen-bond acceptors (Lipinski definition) is 3. The molecule has 1 aromatic carbocycles. The number of hydrogen-bond donors (Lipinski definition) is 1. The standard InChI is InChI=1S/C16H28N2O/c1-11-9-16(19-6)14(4)13(3)15(11)7-8-18(5)10-12(2)17/h9,12H,7-8,10,17H2,1-6H3. The van der Waals surface area contributed by atoms with Crippen molar-refractivity contribution in [3.63, 3.8) is 0 Å². The van der Waals surface area contributed by atoms with E-state index < -0.39 is 0 Å². The lowest BCUT2D eigenvalue weighted by Crippen LogP contribution is -2.34. The molecule has 1 atom stereocenters. The van der Waals surface area contributed by atoms with Gasteiger partial charge in [-0.15, -0.1) is 0 Å². The van der Waals surface area contributed by atoms with Crippen molar-refractivity contribution in [2.45, 2.75) is 40.2 Å². The fraction of sp³-hybridized carbons (Fsp3) is 0.625. The summed E-state index contributed by atoms with van der Waals surface area (Å²) < 4.78 is 5.41. The fourth-order valence-corrected chi connectivity index (χ4v) is 2.58. The van der Waals surface area contributed by atoms with E-state index in [0.717, 1.165) is 25.3 Å². The lowest BCUT2D eigenvalue weighted by Gasteiger charge is -2.21. The summed E-state index contributed by atoms with van der Waals surface area (Å²) in [5, 5.41) is 0. The zero-order chi connectivity index (χ0) is 14.6. The van der Waals surface area contributed by atoms with Crippen molar-refractivity contribution in [2.75, 3.05) is 27.2 Å². The molecule has 1 rings (SSSR count). The number of nitrogens with zero attached hydrogens (tertiary/aromatic N) is 1. The van der Waals surface area contributed by atoms with Gasteiger partial charge in [0.25, 0.3) is 0 Å². The smallest absolute Gasteiger partial charge is 0.122 e. The van der Waals surface area contributed by atoms with Crippen LogP contribution in [0.2, 0.25) is 0 Å². The topological polar surface area (TPSA) is 38.5 Å². The molecule has 0 saturated heterocycles. The normalized spacial score (nSPS) is 12.8. The first-order chi connectivity index (χ1) is 8.86. The van der Waals surface area contributed by atoms with E-state index in [4.69, 9.17) is 10.5 Å². The Morgan fingerprint density at radius 3 is 2.42 bits per heavy atom. The number of benzene rings is 1. The van der Waals surface area contributed by atoms with Crippen LogP contribution in [0.3, 0.4) is 0 Å². The minimum Gasteiger partial charge on any atom is -0.496 e. The van der Waals surface area contributed by atoms with Crippen LogP contribution in [0.25, 0.3) is 0 Å². The van der Waals surface area contributed by atoms with E-state index in [9.17, 15) is 0 Å². The van der Waals surface area contributed by atoms with Crippen LogP contribution in [0.1, 0.15) is 29.2 Å². The van der Waals surface area contributed by atoms with Crippen LogP contribution < -0.4 is 10.5 Å². The molecule has 0 spiro atoms. The molecule has 0 aliphatic heterocycles. The second-order valence-corrected chi connectivity index (χ2v) is 5.61. The Morgan fingerprint density at radius 1 is 1.26 bits per heavy atom. The SMILES string of the molecule is COc1cc(C)c(CCN(C)CC(C)N)c(C)c1C. The second kappa shape index (κ2) is 6.92. The van der Waals surface area contributed by atoms with Crippen molar-refractivity contribution in [3.05, 3.63) is 28.3 Å². The van der Waals surface area contributed by atoms with Crippen molar-refractivity contribution in [1.29, 1.82) is 0 Å². The van der Waals surface area contributed by atoms with Gasteiger partial charge in [0, 0.05) is 19.1 Å². The highest BCUT2D eigenvalue weighted by Gasteiger charge is 2.11.